The average Bonchev–Trinajstić information content (AvgIpc) is 3.19. The molecule has 0 saturated carbocycles. The zero-order valence-electron chi connectivity index (χ0n) is 12.5. The van der Waals surface area contributed by atoms with E-state index in [2.05, 4.69) is 19.9 Å². The first kappa shape index (κ1) is 15.4. The molecular weight excluding hydrogens is 308 g/mol. The fraction of sp³-hybridized carbons (Fsp3) is 0.769. The Balaban J connectivity index is 1.60. The van der Waals surface area contributed by atoms with Crippen LogP contribution in [0, 0.1) is 0 Å². The minimum absolute atomic E-state index is 0.120. The van der Waals surface area contributed by atoms with Gasteiger partial charge in [0.25, 0.3) is 0 Å². The Morgan fingerprint density at radius 2 is 2.27 bits per heavy atom. The van der Waals surface area contributed by atoms with E-state index in [-0.39, 0.29) is 17.0 Å². The van der Waals surface area contributed by atoms with Crippen LogP contribution in [0.4, 0.5) is 0 Å². The Hall–Kier alpha value is -1.48. The topological polar surface area (TPSA) is 94.4 Å². The van der Waals surface area contributed by atoms with Gasteiger partial charge in [-0.1, -0.05) is 5.21 Å². The van der Waals surface area contributed by atoms with E-state index in [1.807, 2.05) is 0 Å². The van der Waals surface area contributed by atoms with E-state index in [0.717, 1.165) is 32.4 Å². The largest absolute Gasteiger partial charge is 0.464 e. The Morgan fingerprint density at radius 3 is 2.95 bits per heavy atom. The van der Waals surface area contributed by atoms with Crippen LogP contribution in [0.5, 0.6) is 0 Å². The molecule has 0 aromatic carbocycles. The van der Waals surface area contributed by atoms with Gasteiger partial charge < -0.3 is 4.74 Å². The number of carbonyl (C=O) groups is 1. The highest BCUT2D eigenvalue weighted by atomic mass is 32.2. The molecule has 2 atom stereocenters. The molecule has 3 rings (SSSR count). The lowest BCUT2D eigenvalue weighted by Gasteiger charge is -2.19. The number of nitrogens with zero attached hydrogens (tertiary/aromatic N) is 4. The second kappa shape index (κ2) is 5.96. The van der Waals surface area contributed by atoms with E-state index in [1.54, 1.807) is 10.9 Å². The summed E-state index contributed by atoms with van der Waals surface area (Å²) in [6.07, 6.45) is 4.00. The molecule has 0 N–H and O–H groups in total. The second-order valence-corrected chi connectivity index (χ2v) is 8.31. The molecule has 2 unspecified atom stereocenters. The third kappa shape index (κ3) is 3.00. The van der Waals surface area contributed by atoms with Crippen molar-refractivity contribution in [1.29, 1.82) is 0 Å². The number of likely N-dealkylation sites (tertiary alicyclic amines) is 1. The van der Waals surface area contributed by atoms with Crippen molar-refractivity contribution in [3.63, 3.8) is 0 Å². The summed E-state index contributed by atoms with van der Waals surface area (Å²) in [5, 5.41) is 7.56. The summed E-state index contributed by atoms with van der Waals surface area (Å²) in [6, 6.07) is 0.120. The van der Waals surface area contributed by atoms with Crippen molar-refractivity contribution in [2.24, 2.45) is 0 Å². The molecule has 2 aliphatic rings. The predicted molar refractivity (Wildman–Crippen MR) is 78.3 cm³/mol. The van der Waals surface area contributed by atoms with Gasteiger partial charge in [-0.3, -0.25) is 4.90 Å². The molecule has 22 heavy (non-hydrogen) atoms. The van der Waals surface area contributed by atoms with E-state index >= 15 is 0 Å². The Bertz CT molecular complexity index is 657. The molecular formula is C13H20N4O4S. The highest BCUT2D eigenvalue weighted by Crippen LogP contribution is 2.26. The molecule has 0 bridgehead atoms. The Morgan fingerprint density at radius 1 is 1.45 bits per heavy atom. The monoisotopic (exact) mass is 328 g/mol. The number of hydrogen-bond donors (Lipinski definition) is 0. The summed E-state index contributed by atoms with van der Waals surface area (Å²) in [6.45, 7) is 2.16. The van der Waals surface area contributed by atoms with Crippen LogP contribution in [-0.4, -0.2) is 72.0 Å². The molecule has 9 heteroatoms. The van der Waals surface area contributed by atoms with Gasteiger partial charge in [0.15, 0.2) is 15.5 Å². The standard InChI is InChI=1S/C13H20N4O4S/c1-21-13(18)12-9-17(15-14-12)10-4-5-16(7-10)8-11-3-2-6-22(11,19)20/h9-11H,2-8H2,1H3. The van der Waals surface area contributed by atoms with Gasteiger partial charge in [-0.15, -0.1) is 5.10 Å². The van der Waals surface area contributed by atoms with Crippen molar-refractivity contribution < 1.29 is 17.9 Å². The third-order valence-electron chi connectivity index (χ3n) is 4.45. The van der Waals surface area contributed by atoms with Gasteiger partial charge in [-0.2, -0.15) is 0 Å². The Labute approximate surface area is 129 Å². The normalized spacial score (nSPS) is 28.0. The molecule has 1 aromatic rings. The van der Waals surface area contributed by atoms with Crippen LogP contribution in [0.25, 0.3) is 0 Å². The molecule has 0 aliphatic carbocycles. The number of rotatable bonds is 4. The first-order valence-electron chi connectivity index (χ1n) is 7.43. The maximum Gasteiger partial charge on any atom is 0.360 e. The van der Waals surface area contributed by atoms with Crippen molar-refractivity contribution in [2.45, 2.75) is 30.6 Å². The van der Waals surface area contributed by atoms with E-state index < -0.39 is 15.8 Å². The van der Waals surface area contributed by atoms with Crippen molar-refractivity contribution >= 4 is 15.8 Å². The number of hydrogen-bond acceptors (Lipinski definition) is 7. The zero-order valence-corrected chi connectivity index (χ0v) is 13.3. The van der Waals surface area contributed by atoms with Crippen molar-refractivity contribution in [2.75, 3.05) is 32.5 Å². The van der Waals surface area contributed by atoms with Gasteiger partial charge >= 0.3 is 5.97 Å². The summed E-state index contributed by atoms with van der Waals surface area (Å²) < 4.78 is 30.1. The van der Waals surface area contributed by atoms with Gasteiger partial charge in [0, 0.05) is 19.6 Å². The van der Waals surface area contributed by atoms with E-state index in [4.69, 9.17) is 0 Å². The molecule has 2 fully saturated rings. The van der Waals surface area contributed by atoms with Crippen molar-refractivity contribution in [3.8, 4) is 0 Å². The molecule has 3 heterocycles. The molecule has 0 amide bonds. The van der Waals surface area contributed by atoms with Crippen molar-refractivity contribution in [1.82, 2.24) is 19.9 Å². The second-order valence-electron chi connectivity index (χ2n) is 5.91. The van der Waals surface area contributed by atoms with Crippen LogP contribution in [-0.2, 0) is 14.6 Å². The van der Waals surface area contributed by atoms with Gasteiger partial charge in [0.05, 0.1) is 30.4 Å². The van der Waals surface area contributed by atoms with E-state index in [0.29, 0.717) is 12.3 Å². The van der Waals surface area contributed by atoms with Crippen LogP contribution in [0.3, 0.4) is 0 Å². The van der Waals surface area contributed by atoms with Crippen LogP contribution in [0.2, 0.25) is 0 Å². The lowest BCUT2D eigenvalue weighted by Crippen LogP contribution is -2.33. The number of ether oxygens (including phenoxy) is 1. The lowest BCUT2D eigenvalue weighted by molar-refractivity contribution is 0.0594. The van der Waals surface area contributed by atoms with E-state index in [1.165, 1.54) is 7.11 Å². The maximum atomic E-state index is 11.9. The summed E-state index contributed by atoms with van der Waals surface area (Å²) in [4.78, 5) is 13.6. The van der Waals surface area contributed by atoms with Crippen LogP contribution in [0.1, 0.15) is 35.8 Å². The molecule has 2 aliphatic heterocycles. The minimum atomic E-state index is -2.90. The van der Waals surface area contributed by atoms with Gasteiger partial charge in [0.2, 0.25) is 0 Å². The van der Waals surface area contributed by atoms with Gasteiger partial charge in [-0.05, 0) is 19.3 Å². The maximum absolute atomic E-state index is 11.9. The number of esters is 1. The molecule has 2 saturated heterocycles. The molecule has 122 valence electrons. The fourth-order valence-corrected chi connectivity index (χ4v) is 5.06. The van der Waals surface area contributed by atoms with Crippen LogP contribution < -0.4 is 0 Å². The molecule has 8 nitrogen and oxygen atoms in total. The summed E-state index contributed by atoms with van der Waals surface area (Å²) in [5.74, 6) is -0.182. The van der Waals surface area contributed by atoms with Gasteiger partial charge in [-0.25, -0.2) is 17.9 Å². The fourth-order valence-electron chi connectivity index (χ4n) is 3.20. The highest BCUT2D eigenvalue weighted by molar-refractivity contribution is 7.92. The first-order valence-corrected chi connectivity index (χ1v) is 9.15. The number of aromatic nitrogens is 3. The summed E-state index contributed by atoms with van der Waals surface area (Å²) >= 11 is 0. The number of carbonyl (C=O) groups excluding carboxylic acids is 1. The summed E-state index contributed by atoms with van der Waals surface area (Å²) in [7, 11) is -1.60. The van der Waals surface area contributed by atoms with Crippen LogP contribution in [0.15, 0.2) is 6.20 Å². The quantitative estimate of drug-likeness (QED) is 0.712. The first-order chi connectivity index (χ1) is 10.5. The lowest BCUT2D eigenvalue weighted by atomic mass is 10.2. The predicted octanol–water partition coefficient (Wildman–Crippen LogP) is -0.111. The van der Waals surface area contributed by atoms with E-state index in [9.17, 15) is 13.2 Å². The number of methoxy groups -OCH3 is 1. The molecule has 0 radical (unpaired) electrons. The highest BCUT2D eigenvalue weighted by Gasteiger charge is 2.35. The molecule has 0 spiro atoms. The molecule has 1 aromatic heterocycles. The SMILES string of the molecule is COC(=O)c1cn(C2CCN(CC3CCCS3(=O)=O)C2)nn1. The van der Waals surface area contributed by atoms with Crippen LogP contribution >= 0.6 is 0 Å². The Kier molecular flexibility index (Phi) is 4.18. The average molecular weight is 328 g/mol. The minimum Gasteiger partial charge on any atom is -0.464 e. The third-order valence-corrected chi connectivity index (χ3v) is 6.71. The van der Waals surface area contributed by atoms with Gasteiger partial charge in [0.1, 0.15) is 0 Å². The summed E-state index contributed by atoms with van der Waals surface area (Å²) in [5.41, 5.74) is 0.194. The zero-order chi connectivity index (χ0) is 15.7. The smallest absolute Gasteiger partial charge is 0.360 e. The number of sulfone groups is 1. The van der Waals surface area contributed by atoms with Crippen molar-refractivity contribution in [3.05, 3.63) is 11.9 Å².